The molecule has 0 fully saturated rings. The van der Waals surface area contributed by atoms with Crippen LogP contribution in [0, 0.1) is 6.92 Å². The summed E-state index contributed by atoms with van der Waals surface area (Å²) >= 11 is 0. The fraction of sp³-hybridized carbons (Fsp3) is 0.294. The zero-order valence-electron chi connectivity index (χ0n) is 13.7. The van der Waals surface area contributed by atoms with Crippen LogP contribution in [0.2, 0.25) is 0 Å². The topological polar surface area (TPSA) is 115 Å². The molecule has 0 unspecified atom stereocenters. The van der Waals surface area contributed by atoms with Crippen molar-refractivity contribution < 1.29 is 33.6 Å². The van der Waals surface area contributed by atoms with E-state index in [9.17, 15) is 19.8 Å². The van der Waals surface area contributed by atoms with Gasteiger partial charge in [-0.05, 0) is 19.9 Å². The molecule has 1 aliphatic heterocycles. The molecule has 8 heteroatoms. The van der Waals surface area contributed by atoms with E-state index in [4.69, 9.17) is 18.6 Å². The summed E-state index contributed by atoms with van der Waals surface area (Å²) in [5.41, 5.74) is -0.515. The van der Waals surface area contributed by atoms with Crippen molar-refractivity contribution in [2.45, 2.75) is 26.1 Å². The van der Waals surface area contributed by atoms with Crippen molar-refractivity contribution in [1.82, 2.24) is 0 Å². The van der Waals surface area contributed by atoms with E-state index in [-0.39, 0.29) is 28.4 Å². The molecule has 0 saturated heterocycles. The van der Waals surface area contributed by atoms with Gasteiger partial charge in [0.2, 0.25) is 5.75 Å². The van der Waals surface area contributed by atoms with Gasteiger partial charge in [-0.15, -0.1) is 0 Å². The van der Waals surface area contributed by atoms with Crippen LogP contribution < -0.4 is 15.1 Å². The van der Waals surface area contributed by atoms with E-state index >= 15 is 0 Å². The number of carbonyl (C=O) groups excluding carboxylic acids is 1. The van der Waals surface area contributed by atoms with Gasteiger partial charge in [0, 0.05) is 11.6 Å². The van der Waals surface area contributed by atoms with E-state index in [1.165, 1.54) is 19.2 Å². The lowest BCUT2D eigenvalue weighted by Crippen LogP contribution is -2.33. The molecule has 0 amide bonds. The third-order valence-corrected chi connectivity index (χ3v) is 3.83. The van der Waals surface area contributed by atoms with Crippen molar-refractivity contribution in [3.05, 3.63) is 45.5 Å². The van der Waals surface area contributed by atoms with Crippen LogP contribution in [0.3, 0.4) is 0 Å². The van der Waals surface area contributed by atoms with Gasteiger partial charge in [0.1, 0.15) is 23.2 Å². The molecule has 1 aliphatic rings. The summed E-state index contributed by atoms with van der Waals surface area (Å²) < 4.78 is 20.8. The number of hydrogen-bond donors (Lipinski definition) is 2. The normalized spacial score (nSPS) is 19.1. The van der Waals surface area contributed by atoms with Crippen LogP contribution in [0.4, 0.5) is 0 Å². The number of esters is 1. The molecule has 0 saturated carbocycles. The first-order valence-electron chi connectivity index (χ1n) is 7.44. The average molecular weight is 348 g/mol. The van der Waals surface area contributed by atoms with Gasteiger partial charge < -0.3 is 28.8 Å². The number of fused-ring (bicyclic) bond motifs is 1. The zero-order valence-corrected chi connectivity index (χ0v) is 13.7. The van der Waals surface area contributed by atoms with E-state index in [0.717, 1.165) is 6.07 Å². The minimum absolute atomic E-state index is 0.155. The number of phenolic OH excluding ortho intramolecular Hbond substituents is 2. The van der Waals surface area contributed by atoms with Crippen molar-refractivity contribution in [2.75, 3.05) is 7.11 Å². The molecule has 3 rings (SSSR count). The molecule has 25 heavy (non-hydrogen) atoms. The Morgan fingerprint density at radius 3 is 2.52 bits per heavy atom. The van der Waals surface area contributed by atoms with Gasteiger partial charge in [0.25, 0.3) is 0 Å². The number of hydrogen-bond acceptors (Lipinski definition) is 8. The number of aryl methyl sites for hydroxylation is 1. The third-order valence-electron chi connectivity index (χ3n) is 3.83. The highest BCUT2D eigenvalue weighted by atomic mass is 16.6. The van der Waals surface area contributed by atoms with E-state index in [1.807, 2.05) is 0 Å². The van der Waals surface area contributed by atoms with Crippen LogP contribution in [-0.2, 0) is 4.74 Å². The first kappa shape index (κ1) is 16.7. The fourth-order valence-electron chi connectivity index (χ4n) is 2.79. The largest absolute Gasteiger partial charge is 0.504 e. The van der Waals surface area contributed by atoms with E-state index in [1.54, 1.807) is 13.8 Å². The second kappa shape index (κ2) is 6.04. The summed E-state index contributed by atoms with van der Waals surface area (Å²) in [6, 6.07) is 3.93. The summed E-state index contributed by atoms with van der Waals surface area (Å²) in [6.45, 7) is 3.19. The van der Waals surface area contributed by atoms with Gasteiger partial charge in [-0.1, -0.05) is 0 Å². The fourth-order valence-corrected chi connectivity index (χ4v) is 2.79. The van der Waals surface area contributed by atoms with Crippen LogP contribution in [0.1, 0.15) is 34.7 Å². The van der Waals surface area contributed by atoms with Gasteiger partial charge in [-0.2, -0.15) is 0 Å². The summed E-state index contributed by atoms with van der Waals surface area (Å²) in [6.07, 6.45) is -1.57. The van der Waals surface area contributed by atoms with E-state index in [0.29, 0.717) is 5.76 Å². The van der Waals surface area contributed by atoms with Gasteiger partial charge in [-0.25, -0.2) is 9.59 Å². The van der Waals surface area contributed by atoms with Gasteiger partial charge in [0.05, 0.1) is 13.2 Å². The monoisotopic (exact) mass is 348 g/mol. The Bertz CT molecular complexity index is 898. The van der Waals surface area contributed by atoms with Crippen molar-refractivity contribution in [3.63, 3.8) is 0 Å². The molecule has 2 aromatic rings. The summed E-state index contributed by atoms with van der Waals surface area (Å²) in [5, 5.41) is 20.3. The molecule has 2 atom stereocenters. The quantitative estimate of drug-likeness (QED) is 0.810. The maximum Gasteiger partial charge on any atom is 0.342 e. The molecule has 0 spiro atoms. The number of carbonyl (C=O) groups is 1. The highest BCUT2D eigenvalue weighted by Gasteiger charge is 2.39. The standard InChI is InChI=1S/C17H16O8/c1-7-4-9(5-12(19)23-7)25-15-8(2)24-17(21)13-10(15)6-11(18)16(22-3)14(13)20/h4-6,8,15,18,20H,1-3H3/t8-,15-/m0/s1. The smallest absolute Gasteiger partial charge is 0.342 e. The highest BCUT2D eigenvalue weighted by Crippen LogP contribution is 2.46. The molecular weight excluding hydrogens is 332 g/mol. The Morgan fingerprint density at radius 2 is 1.88 bits per heavy atom. The lowest BCUT2D eigenvalue weighted by Gasteiger charge is -2.31. The first-order chi connectivity index (χ1) is 11.8. The molecule has 1 aromatic carbocycles. The summed E-state index contributed by atoms with van der Waals surface area (Å²) in [4.78, 5) is 23.7. The van der Waals surface area contributed by atoms with Crippen molar-refractivity contribution in [3.8, 4) is 23.0 Å². The first-order valence-corrected chi connectivity index (χ1v) is 7.44. The van der Waals surface area contributed by atoms with E-state index in [2.05, 4.69) is 0 Å². The Labute approximate surface area is 142 Å². The van der Waals surface area contributed by atoms with Crippen molar-refractivity contribution in [2.24, 2.45) is 0 Å². The molecular formula is C17H16O8. The minimum atomic E-state index is -0.850. The molecule has 132 valence electrons. The van der Waals surface area contributed by atoms with Gasteiger partial charge >= 0.3 is 11.6 Å². The molecule has 2 N–H and O–H groups in total. The van der Waals surface area contributed by atoms with Crippen LogP contribution in [-0.4, -0.2) is 29.4 Å². The highest BCUT2D eigenvalue weighted by molar-refractivity contribution is 5.97. The van der Waals surface area contributed by atoms with Crippen LogP contribution in [0.5, 0.6) is 23.0 Å². The minimum Gasteiger partial charge on any atom is -0.504 e. The Kier molecular flexibility index (Phi) is 4.03. The summed E-state index contributed by atoms with van der Waals surface area (Å²) in [5.74, 6) is -1.32. The molecule has 1 aromatic heterocycles. The number of ether oxygens (including phenoxy) is 3. The Morgan fingerprint density at radius 1 is 1.16 bits per heavy atom. The third kappa shape index (κ3) is 2.86. The number of cyclic esters (lactones) is 1. The Balaban J connectivity index is 2.11. The molecule has 0 radical (unpaired) electrons. The van der Waals surface area contributed by atoms with Crippen LogP contribution in [0.25, 0.3) is 0 Å². The SMILES string of the molecule is COc1c(O)cc2c(c1O)C(=O)O[C@@H](C)[C@@H]2Oc1cc(C)oc(=O)c1. The number of aromatic hydroxyl groups is 2. The van der Waals surface area contributed by atoms with Crippen LogP contribution >= 0.6 is 0 Å². The number of phenols is 2. The number of benzene rings is 1. The zero-order chi connectivity index (χ0) is 18.3. The predicted molar refractivity (Wildman–Crippen MR) is 84.3 cm³/mol. The number of methoxy groups -OCH3 is 1. The predicted octanol–water partition coefficient (Wildman–Crippen LogP) is 2.05. The average Bonchev–Trinajstić information content (AvgIpc) is 2.50. The van der Waals surface area contributed by atoms with Gasteiger partial charge in [0.15, 0.2) is 17.6 Å². The second-order valence-electron chi connectivity index (χ2n) is 5.61. The maximum atomic E-state index is 12.2. The lowest BCUT2D eigenvalue weighted by molar-refractivity contribution is -0.0131. The molecule has 2 heterocycles. The maximum absolute atomic E-state index is 12.2. The van der Waals surface area contributed by atoms with Gasteiger partial charge in [-0.3, -0.25) is 0 Å². The Hall–Kier alpha value is -3.16. The summed E-state index contributed by atoms with van der Waals surface area (Å²) in [7, 11) is 1.25. The van der Waals surface area contributed by atoms with Crippen LogP contribution in [0.15, 0.2) is 27.4 Å². The second-order valence-corrected chi connectivity index (χ2v) is 5.61. The molecule has 0 bridgehead atoms. The lowest BCUT2D eigenvalue weighted by atomic mass is 9.94. The van der Waals surface area contributed by atoms with Crippen molar-refractivity contribution in [1.29, 1.82) is 0 Å². The molecule has 8 nitrogen and oxygen atoms in total. The number of rotatable bonds is 3. The van der Waals surface area contributed by atoms with E-state index < -0.39 is 29.6 Å². The molecule has 0 aliphatic carbocycles. The van der Waals surface area contributed by atoms with Crippen molar-refractivity contribution >= 4 is 5.97 Å².